The number of ether oxygens (including phenoxy) is 1. The number of likely N-dealkylation sites (tertiary alicyclic amines) is 1. The number of fused-ring (bicyclic) bond motifs is 2. The maximum Gasteiger partial charge on any atom is 0.223 e. The minimum atomic E-state index is -0.329. The highest BCUT2D eigenvalue weighted by molar-refractivity contribution is 5.77. The molecule has 0 aromatic carbocycles. The first-order chi connectivity index (χ1) is 10.1. The Bertz CT molecular complexity index is 589. The fraction of sp³-hybridized carbons (Fsp3) is 0.688. The standard InChI is InChI=1S/C16H21N3O2/c1-10(2)5-14(20)19-8-16(9-19)12-6-17-15(11-3-4-11)18-13(12)7-21-16/h6,10-11H,3-5,7-9H2,1-2H3. The monoisotopic (exact) mass is 287 g/mol. The zero-order valence-electron chi connectivity index (χ0n) is 12.6. The lowest BCUT2D eigenvalue weighted by molar-refractivity contribution is -0.169. The summed E-state index contributed by atoms with van der Waals surface area (Å²) in [6, 6.07) is 0. The molecule has 0 radical (unpaired) electrons. The molecule has 1 aromatic rings. The normalized spacial score (nSPS) is 22.5. The van der Waals surface area contributed by atoms with E-state index in [1.165, 1.54) is 12.8 Å². The first-order valence-corrected chi connectivity index (χ1v) is 7.85. The van der Waals surface area contributed by atoms with Gasteiger partial charge in [-0.1, -0.05) is 13.8 Å². The van der Waals surface area contributed by atoms with Gasteiger partial charge in [0.05, 0.1) is 25.4 Å². The molecule has 0 atom stereocenters. The Balaban J connectivity index is 1.49. The summed E-state index contributed by atoms with van der Waals surface area (Å²) in [7, 11) is 0. The molecule has 1 aromatic heterocycles. The number of aromatic nitrogens is 2. The largest absolute Gasteiger partial charge is 0.360 e. The van der Waals surface area contributed by atoms with Gasteiger partial charge in [0.1, 0.15) is 11.4 Å². The Morgan fingerprint density at radius 3 is 2.90 bits per heavy atom. The molecule has 2 aliphatic heterocycles. The van der Waals surface area contributed by atoms with Gasteiger partial charge in [-0.2, -0.15) is 0 Å². The van der Waals surface area contributed by atoms with Crippen LogP contribution in [0.15, 0.2) is 6.20 Å². The van der Waals surface area contributed by atoms with Gasteiger partial charge in [0.2, 0.25) is 5.91 Å². The lowest BCUT2D eigenvalue weighted by atomic mass is 9.87. The van der Waals surface area contributed by atoms with E-state index in [2.05, 4.69) is 23.8 Å². The highest BCUT2D eigenvalue weighted by Gasteiger charge is 2.52. The van der Waals surface area contributed by atoms with Gasteiger partial charge >= 0.3 is 0 Å². The third kappa shape index (κ3) is 2.14. The molecule has 0 unspecified atom stereocenters. The van der Waals surface area contributed by atoms with Gasteiger partial charge in [0.15, 0.2) is 0 Å². The molecule has 1 spiro atoms. The molecule has 21 heavy (non-hydrogen) atoms. The van der Waals surface area contributed by atoms with Crippen LogP contribution in [-0.2, 0) is 21.7 Å². The fourth-order valence-corrected chi connectivity index (χ4v) is 3.23. The molecule has 2 fully saturated rings. The highest BCUT2D eigenvalue weighted by Crippen LogP contribution is 2.44. The minimum absolute atomic E-state index is 0.225. The van der Waals surface area contributed by atoms with E-state index in [1.54, 1.807) is 0 Å². The van der Waals surface area contributed by atoms with Crippen molar-refractivity contribution in [3.8, 4) is 0 Å². The second-order valence-electron chi connectivity index (χ2n) is 6.99. The van der Waals surface area contributed by atoms with Crippen LogP contribution in [0.4, 0.5) is 0 Å². The van der Waals surface area contributed by atoms with Gasteiger partial charge < -0.3 is 9.64 Å². The topological polar surface area (TPSA) is 55.3 Å². The van der Waals surface area contributed by atoms with Gasteiger partial charge in [-0.3, -0.25) is 4.79 Å². The molecule has 5 nitrogen and oxygen atoms in total. The van der Waals surface area contributed by atoms with Crippen LogP contribution >= 0.6 is 0 Å². The van der Waals surface area contributed by atoms with E-state index in [0.29, 0.717) is 38.0 Å². The smallest absolute Gasteiger partial charge is 0.223 e. The van der Waals surface area contributed by atoms with E-state index in [-0.39, 0.29) is 11.5 Å². The van der Waals surface area contributed by atoms with Crippen molar-refractivity contribution in [3.05, 3.63) is 23.3 Å². The van der Waals surface area contributed by atoms with Crippen molar-refractivity contribution in [2.24, 2.45) is 5.92 Å². The Kier molecular flexibility index (Phi) is 2.83. The van der Waals surface area contributed by atoms with E-state index in [1.807, 2.05) is 11.1 Å². The predicted molar refractivity (Wildman–Crippen MR) is 76.5 cm³/mol. The Morgan fingerprint density at radius 1 is 1.48 bits per heavy atom. The van der Waals surface area contributed by atoms with Crippen molar-refractivity contribution in [1.82, 2.24) is 14.9 Å². The molecule has 1 saturated heterocycles. The van der Waals surface area contributed by atoms with Crippen LogP contribution in [0.5, 0.6) is 0 Å². The number of hydrogen-bond donors (Lipinski definition) is 0. The lowest BCUT2D eigenvalue weighted by Crippen LogP contribution is -2.61. The summed E-state index contributed by atoms with van der Waals surface area (Å²) in [6.45, 7) is 6.00. The average molecular weight is 287 g/mol. The third-order valence-corrected chi connectivity index (χ3v) is 4.63. The molecular formula is C16H21N3O2. The second kappa shape index (κ2) is 4.50. The molecule has 1 aliphatic carbocycles. The quantitative estimate of drug-likeness (QED) is 0.853. The summed E-state index contributed by atoms with van der Waals surface area (Å²) >= 11 is 0. The lowest BCUT2D eigenvalue weighted by Gasteiger charge is -2.47. The minimum Gasteiger partial charge on any atom is -0.360 e. The number of amides is 1. The first kappa shape index (κ1) is 13.2. The number of nitrogens with zero attached hydrogens (tertiary/aromatic N) is 3. The average Bonchev–Trinajstić information content (AvgIpc) is 3.16. The van der Waals surface area contributed by atoms with Crippen molar-refractivity contribution >= 4 is 5.91 Å². The zero-order valence-corrected chi connectivity index (χ0v) is 12.6. The van der Waals surface area contributed by atoms with Crippen molar-refractivity contribution in [2.45, 2.75) is 51.2 Å². The summed E-state index contributed by atoms with van der Waals surface area (Å²) in [5.74, 6) is 2.16. The molecule has 0 bridgehead atoms. The molecule has 0 N–H and O–H groups in total. The van der Waals surface area contributed by atoms with Gasteiger partial charge in [-0.25, -0.2) is 9.97 Å². The first-order valence-electron chi connectivity index (χ1n) is 7.85. The number of rotatable bonds is 3. The molecular weight excluding hydrogens is 266 g/mol. The van der Waals surface area contributed by atoms with Crippen molar-refractivity contribution in [1.29, 1.82) is 0 Å². The van der Waals surface area contributed by atoms with Crippen molar-refractivity contribution < 1.29 is 9.53 Å². The third-order valence-electron chi connectivity index (χ3n) is 4.63. The van der Waals surface area contributed by atoms with Crippen LogP contribution in [0, 0.1) is 5.92 Å². The van der Waals surface area contributed by atoms with Crippen molar-refractivity contribution in [2.75, 3.05) is 13.1 Å². The van der Waals surface area contributed by atoms with E-state index in [0.717, 1.165) is 17.1 Å². The Hall–Kier alpha value is -1.49. The molecule has 1 amide bonds. The SMILES string of the molecule is CC(C)CC(=O)N1CC2(C1)OCc1nc(C3CC3)ncc12. The van der Waals surface area contributed by atoms with Crippen LogP contribution in [0.25, 0.3) is 0 Å². The number of carbonyl (C=O) groups is 1. The van der Waals surface area contributed by atoms with E-state index < -0.39 is 0 Å². The van der Waals surface area contributed by atoms with Crippen LogP contribution < -0.4 is 0 Å². The molecule has 112 valence electrons. The molecule has 5 heteroatoms. The maximum absolute atomic E-state index is 12.1. The molecule has 1 saturated carbocycles. The Morgan fingerprint density at radius 2 is 2.24 bits per heavy atom. The Labute approximate surface area is 124 Å². The van der Waals surface area contributed by atoms with E-state index >= 15 is 0 Å². The van der Waals surface area contributed by atoms with Crippen LogP contribution in [0.1, 0.15) is 56.1 Å². The van der Waals surface area contributed by atoms with Gasteiger partial charge in [-0.15, -0.1) is 0 Å². The van der Waals surface area contributed by atoms with E-state index in [9.17, 15) is 4.79 Å². The molecule has 3 aliphatic rings. The summed E-state index contributed by atoms with van der Waals surface area (Å²) in [4.78, 5) is 23.2. The molecule has 3 heterocycles. The summed E-state index contributed by atoms with van der Waals surface area (Å²) in [5, 5.41) is 0. The number of carbonyl (C=O) groups excluding carboxylic acids is 1. The van der Waals surface area contributed by atoms with Crippen LogP contribution in [0.2, 0.25) is 0 Å². The van der Waals surface area contributed by atoms with Crippen molar-refractivity contribution in [3.63, 3.8) is 0 Å². The van der Waals surface area contributed by atoms with Gasteiger partial charge in [-0.05, 0) is 18.8 Å². The van der Waals surface area contributed by atoms with Crippen LogP contribution in [-0.4, -0.2) is 33.9 Å². The summed E-state index contributed by atoms with van der Waals surface area (Å²) < 4.78 is 5.99. The highest BCUT2D eigenvalue weighted by atomic mass is 16.5. The zero-order chi connectivity index (χ0) is 14.6. The van der Waals surface area contributed by atoms with E-state index in [4.69, 9.17) is 4.74 Å². The summed E-state index contributed by atoms with van der Waals surface area (Å²) in [5.41, 5.74) is 1.80. The summed E-state index contributed by atoms with van der Waals surface area (Å²) in [6.07, 6.45) is 4.97. The second-order valence-corrected chi connectivity index (χ2v) is 6.99. The van der Waals surface area contributed by atoms with Crippen LogP contribution in [0.3, 0.4) is 0 Å². The number of hydrogen-bond acceptors (Lipinski definition) is 4. The fourth-order valence-electron chi connectivity index (χ4n) is 3.23. The van der Waals surface area contributed by atoms with Gasteiger partial charge in [0, 0.05) is 24.1 Å². The maximum atomic E-state index is 12.1. The predicted octanol–water partition coefficient (Wildman–Crippen LogP) is 1.97. The van der Waals surface area contributed by atoms with Gasteiger partial charge in [0.25, 0.3) is 0 Å². The molecule has 4 rings (SSSR count).